The fraction of sp³-hybridized carbons (Fsp3) is 0.241. The smallest absolute Gasteiger partial charge is 0.266 e. The van der Waals surface area contributed by atoms with Gasteiger partial charge in [0, 0.05) is 36.0 Å². The normalized spacial score (nSPS) is 18.3. The van der Waals surface area contributed by atoms with Crippen molar-refractivity contribution in [3.8, 4) is 5.75 Å². The van der Waals surface area contributed by atoms with Gasteiger partial charge in [-0.25, -0.2) is 10.4 Å². The van der Waals surface area contributed by atoms with E-state index in [-0.39, 0.29) is 18.9 Å². The van der Waals surface area contributed by atoms with Crippen molar-refractivity contribution in [3.05, 3.63) is 111 Å². The molecule has 1 heterocycles. The number of halogens is 3. The van der Waals surface area contributed by atoms with Crippen molar-refractivity contribution in [3.63, 3.8) is 0 Å². The number of amides is 1. The first-order chi connectivity index (χ1) is 18.9. The molecule has 3 aromatic carbocycles. The van der Waals surface area contributed by atoms with Gasteiger partial charge in [-0.1, -0.05) is 63.4 Å². The first-order valence-electron chi connectivity index (χ1n) is 12.3. The van der Waals surface area contributed by atoms with Gasteiger partial charge in [0.15, 0.2) is 11.6 Å². The number of carbonyl (C=O) groups excluding carboxylic acids is 1. The molecule has 0 aromatic heterocycles. The molecule has 0 saturated carbocycles. The monoisotopic (exact) mass is 631 g/mol. The molecule has 0 unspecified atom stereocenters. The Kier molecular flexibility index (Phi) is 10.0. The molecule has 0 aliphatic carbocycles. The van der Waals surface area contributed by atoms with Crippen LogP contribution in [0.15, 0.2) is 88.9 Å². The second-order valence-corrected chi connectivity index (χ2v) is 10.6. The van der Waals surface area contributed by atoms with E-state index in [1.54, 1.807) is 30.3 Å². The molecule has 0 radical (unpaired) electrons. The SMILES string of the molecule is C=CC[C@]1(C(=O)NNCc2ccc(Cl)c(Cl)c2)N=C(c2ccc(OCCCO)cc2)O[C@H]1c1ccc(Br)cc1. The predicted octanol–water partition coefficient (Wildman–Crippen LogP) is 6.17. The number of aliphatic hydroxyl groups excluding tert-OH is 1. The lowest BCUT2D eigenvalue weighted by Gasteiger charge is -2.29. The Bertz CT molecular complexity index is 1340. The van der Waals surface area contributed by atoms with Crippen LogP contribution in [0.1, 0.15) is 35.6 Å². The second kappa shape index (κ2) is 13.5. The lowest BCUT2D eigenvalue weighted by Crippen LogP contribution is -2.52. The molecule has 1 aliphatic rings. The van der Waals surface area contributed by atoms with E-state index in [4.69, 9.17) is 42.8 Å². The zero-order valence-corrected chi connectivity index (χ0v) is 24.1. The number of aliphatic imine (C=N–C) groups is 1. The summed E-state index contributed by atoms with van der Waals surface area (Å²) in [6, 6.07) is 20.1. The number of hydrogen-bond donors (Lipinski definition) is 3. The largest absolute Gasteiger partial charge is 0.494 e. The van der Waals surface area contributed by atoms with Crippen LogP contribution in [0, 0.1) is 0 Å². The Morgan fingerprint density at radius 1 is 1.13 bits per heavy atom. The summed E-state index contributed by atoms with van der Waals surface area (Å²) in [5.41, 5.74) is 6.81. The topological polar surface area (TPSA) is 92.2 Å². The molecule has 0 spiro atoms. The van der Waals surface area contributed by atoms with Crippen molar-refractivity contribution < 1.29 is 19.4 Å². The van der Waals surface area contributed by atoms with Gasteiger partial charge in [-0.3, -0.25) is 10.2 Å². The third kappa shape index (κ3) is 7.01. The highest BCUT2D eigenvalue weighted by Crippen LogP contribution is 2.43. The fourth-order valence-corrected chi connectivity index (χ4v) is 4.74. The third-order valence-corrected chi connectivity index (χ3v) is 7.40. The van der Waals surface area contributed by atoms with Crippen LogP contribution in [0.5, 0.6) is 5.75 Å². The molecule has 7 nitrogen and oxygen atoms in total. The number of carbonyl (C=O) groups is 1. The average molecular weight is 633 g/mol. The summed E-state index contributed by atoms with van der Waals surface area (Å²) in [5.74, 6) is 0.637. The molecule has 10 heteroatoms. The number of nitrogens with zero attached hydrogens (tertiary/aromatic N) is 1. The summed E-state index contributed by atoms with van der Waals surface area (Å²) in [6.07, 6.45) is 1.74. The summed E-state index contributed by atoms with van der Waals surface area (Å²) in [5, 5.41) is 9.86. The van der Waals surface area contributed by atoms with Crippen LogP contribution in [-0.2, 0) is 16.1 Å². The van der Waals surface area contributed by atoms with Crippen molar-refractivity contribution in [1.29, 1.82) is 0 Å². The van der Waals surface area contributed by atoms with Gasteiger partial charge in [0.25, 0.3) is 5.91 Å². The lowest BCUT2D eigenvalue weighted by atomic mass is 9.84. The summed E-state index contributed by atoms with van der Waals surface area (Å²) < 4.78 is 12.9. The highest BCUT2D eigenvalue weighted by Gasteiger charge is 2.52. The van der Waals surface area contributed by atoms with Crippen LogP contribution in [0.25, 0.3) is 0 Å². The predicted molar refractivity (Wildman–Crippen MR) is 157 cm³/mol. The number of hydrazine groups is 1. The quantitative estimate of drug-likeness (QED) is 0.126. The van der Waals surface area contributed by atoms with Crippen molar-refractivity contribution in [2.24, 2.45) is 4.99 Å². The number of hydrogen-bond acceptors (Lipinski definition) is 6. The molecule has 0 bridgehead atoms. The molecule has 39 heavy (non-hydrogen) atoms. The van der Waals surface area contributed by atoms with Crippen LogP contribution in [-0.4, -0.2) is 35.7 Å². The number of rotatable bonds is 12. The van der Waals surface area contributed by atoms with Crippen molar-refractivity contribution >= 4 is 50.9 Å². The molecule has 4 rings (SSSR count). The van der Waals surface area contributed by atoms with Gasteiger partial charge in [0.1, 0.15) is 5.75 Å². The minimum atomic E-state index is -1.31. The fourth-order valence-electron chi connectivity index (χ4n) is 4.16. The van der Waals surface area contributed by atoms with Crippen LogP contribution < -0.4 is 15.6 Å². The van der Waals surface area contributed by atoms with E-state index in [1.807, 2.05) is 42.5 Å². The maximum Gasteiger partial charge on any atom is 0.266 e. The standard InChI is InChI=1S/C29H28BrCl2N3O4/c1-2-14-29(28(37)35-33-18-19-4-13-24(31)25(32)17-19)26(20-5-9-22(30)10-6-20)39-27(34-29)21-7-11-23(12-8-21)38-16-3-15-36/h2,4-13,17,26,33,36H,1,3,14-16,18H2,(H,35,37)/t26-,29-/m0/s1. The summed E-state index contributed by atoms with van der Waals surface area (Å²) >= 11 is 15.6. The first-order valence-corrected chi connectivity index (χ1v) is 13.9. The van der Waals surface area contributed by atoms with E-state index < -0.39 is 11.6 Å². The second-order valence-electron chi connectivity index (χ2n) is 8.89. The highest BCUT2D eigenvalue weighted by molar-refractivity contribution is 9.10. The molecule has 1 aliphatic heterocycles. The Labute approximate surface area is 245 Å². The average Bonchev–Trinajstić information content (AvgIpc) is 3.32. The Morgan fingerprint density at radius 2 is 1.87 bits per heavy atom. The van der Waals surface area contributed by atoms with E-state index >= 15 is 0 Å². The van der Waals surface area contributed by atoms with E-state index in [9.17, 15) is 4.79 Å². The molecule has 3 N–H and O–H groups in total. The van der Waals surface area contributed by atoms with E-state index in [1.165, 1.54) is 0 Å². The molecule has 0 fully saturated rings. The summed E-state index contributed by atoms with van der Waals surface area (Å²) in [7, 11) is 0. The van der Waals surface area contributed by atoms with E-state index in [0.29, 0.717) is 46.8 Å². The molecule has 204 valence electrons. The van der Waals surface area contributed by atoms with Gasteiger partial charge < -0.3 is 14.6 Å². The van der Waals surface area contributed by atoms with Crippen LogP contribution >= 0.6 is 39.1 Å². The number of ether oxygens (including phenoxy) is 2. The summed E-state index contributed by atoms with van der Waals surface area (Å²) in [4.78, 5) is 18.7. The van der Waals surface area contributed by atoms with Gasteiger partial charge in [-0.15, -0.1) is 6.58 Å². The Hall–Kier alpha value is -2.88. The number of aliphatic hydroxyl groups is 1. The van der Waals surface area contributed by atoms with Crippen LogP contribution in [0.2, 0.25) is 10.0 Å². The van der Waals surface area contributed by atoms with Crippen LogP contribution in [0.3, 0.4) is 0 Å². The van der Waals surface area contributed by atoms with Gasteiger partial charge in [-0.05, 0) is 59.7 Å². The highest BCUT2D eigenvalue weighted by atomic mass is 79.9. The molecule has 0 saturated heterocycles. The maximum atomic E-state index is 13.8. The van der Waals surface area contributed by atoms with E-state index in [0.717, 1.165) is 15.6 Å². The molecular weight excluding hydrogens is 605 g/mol. The van der Waals surface area contributed by atoms with Crippen LogP contribution in [0.4, 0.5) is 0 Å². The Balaban J connectivity index is 1.60. The zero-order valence-electron chi connectivity index (χ0n) is 21.0. The zero-order chi connectivity index (χ0) is 27.8. The minimum absolute atomic E-state index is 0.0654. The number of nitrogens with one attached hydrogen (secondary N) is 2. The Morgan fingerprint density at radius 3 is 2.54 bits per heavy atom. The maximum absolute atomic E-state index is 13.8. The minimum Gasteiger partial charge on any atom is -0.494 e. The van der Waals surface area contributed by atoms with Gasteiger partial charge in [-0.2, -0.15) is 0 Å². The molecule has 1 amide bonds. The summed E-state index contributed by atoms with van der Waals surface area (Å²) in [6.45, 7) is 4.69. The molecular formula is C29H28BrCl2N3O4. The van der Waals surface area contributed by atoms with E-state index in [2.05, 4.69) is 33.4 Å². The molecule has 3 aromatic rings. The lowest BCUT2D eigenvalue weighted by molar-refractivity contribution is -0.129. The molecule has 2 atom stereocenters. The number of benzene rings is 3. The van der Waals surface area contributed by atoms with Crippen molar-refractivity contribution in [2.45, 2.75) is 31.0 Å². The first kappa shape index (κ1) is 29.1. The van der Waals surface area contributed by atoms with Crippen molar-refractivity contribution in [1.82, 2.24) is 10.9 Å². The van der Waals surface area contributed by atoms with Gasteiger partial charge in [0.2, 0.25) is 5.90 Å². The van der Waals surface area contributed by atoms with Crippen molar-refractivity contribution in [2.75, 3.05) is 13.2 Å². The van der Waals surface area contributed by atoms with Gasteiger partial charge >= 0.3 is 0 Å². The van der Waals surface area contributed by atoms with Gasteiger partial charge in [0.05, 0.1) is 16.7 Å². The third-order valence-electron chi connectivity index (χ3n) is 6.14.